The van der Waals surface area contributed by atoms with Crippen molar-refractivity contribution in [3.05, 3.63) is 36.3 Å². The lowest BCUT2D eigenvalue weighted by atomic mass is 9.94. The van der Waals surface area contributed by atoms with Gasteiger partial charge in [0.05, 0.1) is 38.6 Å². The van der Waals surface area contributed by atoms with E-state index in [2.05, 4.69) is 34.0 Å². The zero-order valence-corrected chi connectivity index (χ0v) is 22.7. The number of ether oxygens (including phenoxy) is 2. The number of aromatic nitrogens is 4. The summed E-state index contributed by atoms with van der Waals surface area (Å²) in [6.45, 7) is 9.32. The second-order valence-electron chi connectivity index (χ2n) is 11.2. The summed E-state index contributed by atoms with van der Waals surface area (Å²) in [5, 5.41) is 15.3. The van der Waals surface area contributed by atoms with Crippen LogP contribution in [0.3, 0.4) is 0 Å². The molecule has 11 heteroatoms. The van der Waals surface area contributed by atoms with Gasteiger partial charge in [-0.25, -0.2) is 19.3 Å². The Labute approximate surface area is 227 Å². The Morgan fingerprint density at radius 1 is 1.18 bits per heavy atom. The summed E-state index contributed by atoms with van der Waals surface area (Å²) < 4.78 is 26.3. The fraction of sp³-hybridized carbons (Fsp3) is 0.571. The molecule has 0 unspecified atom stereocenters. The molecule has 0 spiro atoms. The molecule has 0 amide bonds. The Morgan fingerprint density at radius 3 is 2.72 bits per heavy atom. The normalized spacial score (nSPS) is 26.3. The van der Waals surface area contributed by atoms with E-state index in [0.717, 1.165) is 48.3 Å². The molecule has 0 radical (unpaired) electrons. The number of rotatable bonds is 8. The van der Waals surface area contributed by atoms with Gasteiger partial charge in [-0.3, -0.25) is 0 Å². The van der Waals surface area contributed by atoms with E-state index in [0.29, 0.717) is 49.1 Å². The van der Waals surface area contributed by atoms with Crippen molar-refractivity contribution in [1.29, 1.82) is 0 Å². The largest absolute Gasteiger partial charge is 0.390 e. The van der Waals surface area contributed by atoms with Crippen molar-refractivity contribution in [2.45, 2.75) is 57.5 Å². The molecule has 0 aromatic carbocycles. The second-order valence-corrected chi connectivity index (χ2v) is 11.2. The SMILES string of the molecule is C[C@H](OCC1COC1)c1cnc(N2CC[C@H]2C)c2cnc(Nc3ccnc(N4CC[C@@H](O)[C@@](C)(F)C4)n3)cc12. The minimum absolute atomic E-state index is 0.0325. The number of nitrogens with zero attached hydrogens (tertiary/aromatic N) is 6. The molecule has 3 aliphatic heterocycles. The van der Waals surface area contributed by atoms with Gasteiger partial charge in [-0.05, 0) is 51.1 Å². The van der Waals surface area contributed by atoms with Gasteiger partial charge in [0.15, 0.2) is 5.67 Å². The molecular weight excluding hydrogens is 501 g/mol. The number of piperidine rings is 1. The molecule has 0 aliphatic carbocycles. The van der Waals surface area contributed by atoms with E-state index < -0.39 is 11.8 Å². The molecule has 39 heavy (non-hydrogen) atoms. The monoisotopic (exact) mass is 537 g/mol. The predicted octanol–water partition coefficient (Wildman–Crippen LogP) is 3.79. The zero-order chi connectivity index (χ0) is 27.1. The van der Waals surface area contributed by atoms with E-state index in [1.807, 2.05) is 18.5 Å². The van der Waals surface area contributed by atoms with E-state index >= 15 is 0 Å². The van der Waals surface area contributed by atoms with Crippen LogP contribution in [0.25, 0.3) is 10.8 Å². The average molecular weight is 538 g/mol. The summed E-state index contributed by atoms with van der Waals surface area (Å²) in [4.78, 5) is 22.6. The Bertz CT molecular complexity index is 1340. The second kappa shape index (κ2) is 10.4. The number of halogens is 1. The highest BCUT2D eigenvalue weighted by molar-refractivity contribution is 5.96. The molecule has 3 saturated heterocycles. The van der Waals surface area contributed by atoms with Gasteiger partial charge in [0.25, 0.3) is 0 Å². The van der Waals surface area contributed by atoms with Crippen molar-refractivity contribution in [2.75, 3.05) is 54.6 Å². The first-order valence-electron chi connectivity index (χ1n) is 13.7. The van der Waals surface area contributed by atoms with Crippen LogP contribution in [0, 0.1) is 5.92 Å². The zero-order valence-electron chi connectivity index (χ0n) is 22.7. The number of hydrogen-bond acceptors (Lipinski definition) is 10. The first-order valence-corrected chi connectivity index (χ1v) is 13.7. The number of anilines is 4. The van der Waals surface area contributed by atoms with E-state index in [-0.39, 0.29) is 12.6 Å². The third-order valence-corrected chi connectivity index (χ3v) is 8.15. The summed E-state index contributed by atoms with van der Waals surface area (Å²) in [6, 6.07) is 4.22. The van der Waals surface area contributed by atoms with E-state index in [4.69, 9.17) is 19.4 Å². The summed E-state index contributed by atoms with van der Waals surface area (Å²) in [7, 11) is 0. The summed E-state index contributed by atoms with van der Waals surface area (Å²) >= 11 is 0. The maximum atomic E-state index is 14.8. The van der Waals surface area contributed by atoms with E-state index in [9.17, 15) is 9.50 Å². The van der Waals surface area contributed by atoms with Crippen LogP contribution in [0.4, 0.5) is 27.8 Å². The molecule has 6 rings (SSSR count). The van der Waals surface area contributed by atoms with Crippen LogP contribution >= 0.6 is 0 Å². The molecule has 3 fully saturated rings. The molecule has 3 aromatic rings. The molecule has 6 heterocycles. The van der Waals surface area contributed by atoms with Crippen molar-refractivity contribution in [3.63, 3.8) is 0 Å². The van der Waals surface area contributed by atoms with Crippen LogP contribution in [0.15, 0.2) is 30.7 Å². The first-order chi connectivity index (χ1) is 18.8. The lowest BCUT2D eigenvalue weighted by Crippen LogP contribution is -2.52. The van der Waals surface area contributed by atoms with Crippen LogP contribution in [-0.4, -0.2) is 82.3 Å². The van der Waals surface area contributed by atoms with Crippen molar-refractivity contribution < 1.29 is 19.0 Å². The maximum Gasteiger partial charge on any atom is 0.227 e. The lowest BCUT2D eigenvalue weighted by molar-refractivity contribution is -0.0849. The Balaban J connectivity index is 1.28. The Morgan fingerprint density at radius 2 is 2.03 bits per heavy atom. The minimum Gasteiger partial charge on any atom is -0.390 e. The van der Waals surface area contributed by atoms with Crippen LogP contribution in [0.2, 0.25) is 0 Å². The maximum absolute atomic E-state index is 14.8. The summed E-state index contributed by atoms with van der Waals surface area (Å²) in [6.07, 6.45) is 5.77. The third-order valence-electron chi connectivity index (χ3n) is 8.15. The standard InChI is InChI=1S/C28H36FN7O3/c1-17-5-9-36(17)26-22-12-31-25(10-20(22)21(11-32-26)18(2)39-15-19-13-38-14-19)33-24-4-7-30-27(34-24)35-8-6-23(37)28(3,29)16-35/h4,7,10-12,17-19,23,37H,5-6,8-9,13-16H2,1-3H3,(H,30,31,33,34)/t17-,18+,23-,28+/m1/s1. The van der Waals surface area contributed by atoms with E-state index in [1.165, 1.54) is 6.92 Å². The van der Waals surface area contributed by atoms with Gasteiger partial charge < -0.3 is 29.7 Å². The molecular formula is C28H36FN7O3. The molecule has 4 atom stereocenters. The third kappa shape index (κ3) is 5.22. The van der Waals surface area contributed by atoms with Crippen molar-refractivity contribution in [3.8, 4) is 0 Å². The molecule has 2 N–H and O–H groups in total. The average Bonchev–Trinajstić information content (AvgIpc) is 2.88. The van der Waals surface area contributed by atoms with Crippen LogP contribution in [0.5, 0.6) is 0 Å². The van der Waals surface area contributed by atoms with Crippen molar-refractivity contribution in [1.82, 2.24) is 19.9 Å². The number of nitrogens with one attached hydrogen (secondary N) is 1. The number of pyridine rings is 2. The smallest absolute Gasteiger partial charge is 0.227 e. The fourth-order valence-corrected chi connectivity index (χ4v) is 5.35. The molecule has 3 aliphatic rings. The molecule has 10 nitrogen and oxygen atoms in total. The topological polar surface area (TPSA) is 109 Å². The number of alkyl halides is 1. The first kappa shape index (κ1) is 26.1. The van der Waals surface area contributed by atoms with E-state index in [1.54, 1.807) is 17.2 Å². The van der Waals surface area contributed by atoms with Gasteiger partial charge >= 0.3 is 0 Å². The van der Waals surface area contributed by atoms with Gasteiger partial charge in [0.1, 0.15) is 17.5 Å². The Hall–Kier alpha value is -3.15. The van der Waals surface area contributed by atoms with Gasteiger partial charge in [0, 0.05) is 54.6 Å². The molecule has 0 saturated carbocycles. The van der Waals surface area contributed by atoms with Gasteiger partial charge in [0.2, 0.25) is 5.95 Å². The lowest BCUT2D eigenvalue weighted by Gasteiger charge is -2.40. The number of aliphatic hydroxyl groups is 1. The predicted molar refractivity (Wildman–Crippen MR) is 147 cm³/mol. The van der Waals surface area contributed by atoms with Crippen LogP contribution in [-0.2, 0) is 9.47 Å². The van der Waals surface area contributed by atoms with Crippen molar-refractivity contribution in [2.24, 2.45) is 5.92 Å². The summed E-state index contributed by atoms with van der Waals surface area (Å²) in [5.74, 6) is 2.98. The van der Waals surface area contributed by atoms with Crippen molar-refractivity contribution >= 4 is 34.2 Å². The van der Waals surface area contributed by atoms with Gasteiger partial charge in [-0.2, -0.15) is 4.98 Å². The summed E-state index contributed by atoms with van der Waals surface area (Å²) in [5.41, 5.74) is -0.712. The highest BCUT2D eigenvalue weighted by atomic mass is 19.1. The number of hydrogen-bond donors (Lipinski definition) is 2. The highest BCUT2D eigenvalue weighted by Gasteiger charge is 2.39. The molecule has 3 aromatic heterocycles. The fourth-order valence-electron chi connectivity index (χ4n) is 5.35. The quantitative estimate of drug-likeness (QED) is 0.441. The van der Waals surface area contributed by atoms with Crippen LogP contribution in [0.1, 0.15) is 45.3 Å². The highest BCUT2D eigenvalue weighted by Crippen LogP contribution is 2.36. The van der Waals surface area contributed by atoms with Crippen LogP contribution < -0.4 is 15.1 Å². The van der Waals surface area contributed by atoms with Gasteiger partial charge in [-0.1, -0.05) is 0 Å². The number of aliphatic hydroxyl groups excluding tert-OH is 1. The minimum atomic E-state index is -1.72. The van der Waals surface area contributed by atoms with Gasteiger partial charge in [-0.15, -0.1) is 0 Å². The molecule has 0 bridgehead atoms. The Kier molecular flexibility index (Phi) is 6.98. The number of fused-ring (bicyclic) bond motifs is 1. The molecule has 208 valence electrons.